The lowest BCUT2D eigenvalue weighted by molar-refractivity contribution is -0.159. The number of carbonyl (C=O) groups excluding carboxylic acids is 1. The lowest BCUT2D eigenvalue weighted by atomic mass is 9.72. The fraction of sp³-hybridized carbons (Fsp3) is 0.350. The summed E-state index contributed by atoms with van der Waals surface area (Å²) >= 11 is 11.8. The van der Waals surface area contributed by atoms with Gasteiger partial charge in [0.1, 0.15) is 0 Å². The standard InChI is InChI=1S/C20H20Cl2N2O/c21-17-5-1-15(2-6-17)9-19(25)24-13-20(14-24)11-23(12-20)10-16-3-7-18(22)8-4-16/h1-8H,9-14H2. The molecule has 2 aliphatic rings. The van der Waals surface area contributed by atoms with E-state index in [4.69, 9.17) is 23.2 Å². The van der Waals surface area contributed by atoms with Gasteiger partial charge in [0.05, 0.1) is 6.42 Å². The highest BCUT2D eigenvalue weighted by atomic mass is 35.5. The van der Waals surface area contributed by atoms with E-state index in [1.807, 2.05) is 41.3 Å². The lowest BCUT2D eigenvalue weighted by Gasteiger charge is -2.60. The molecule has 3 nitrogen and oxygen atoms in total. The van der Waals surface area contributed by atoms with Crippen LogP contribution in [0.1, 0.15) is 11.1 Å². The highest BCUT2D eigenvalue weighted by Crippen LogP contribution is 2.40. The molecule has 1 spiro atoms. The van der Waals surface area contributed by atoms with Crippen LogP contribution in [0.5, 0.6) is 0 Å². The molecule has 0 saturated carbocycles. The van der Waals surface area contributed by atoms with E-state index in [1.165, 1.54) is 5.56 Å². The van der Waals surface area contributed by atoms with Crippen molar-refractivity contribution in [3.8, 4) is 0 Å². The van der Waals surface area contributed by atoms with Crippen LogP contribution in [-0.4, -0.2) is 41.9 Å². The number of nitrogens with zero attached hydrogens (tertiary/aromatic N) is 2. The van der Waals surface area contributed by atoms with Gasteiger partial charge in [-0.05, 0) is 35.4 Å². The van der Waals surface area contributed by atoms with Crippen LogP contribution in [0.15, 0.2) is 48.5 Å². The molecule has 2 aromatic rings. The summed E-state index contributed by atoms with van der Waals surface area (Å²) < 4.78 is 0. The summed E-state index contributed by atoms with van der Waals surface area (Å²) in [6.07, 6.45) is 0.460. The average molecular weight is 375 g/mol. The summed E-state index contributed by atoms with van der Waals surface area (Å²) in [4.78, 5) is 16.8. The Morgan fingerprint density at radius 3 is 1.92 bits per heavy atom. The number of carbonyl (C=O) groups is 1. The number of likely N-dealkylation sites (tertiary alicyclic amines) is 2. The number of halogens is 2. The first-order valence-electron chi connectivity index (χ1n) is 8.50. The molecule has 2 heterocycles. The van der Waals surface area contributed by atoms with Crippen molar-refractivity contribution < 1.29 is 4.79 Å². The van der Waals surface area contributed by atoms with E-state index in [1.54, 1.807) is 0 Å². The first-order valence-corrected chi connectivity index (χ1v) is 9.26. The van der Waals surface area contributed by atoms with Crippen LogP contribution in [0.3, 0.4) is 0 Å². The molecule has 2 aliphatic heterocycles. The monoisotopic (exact) mass is 374 g/mol. The Kier molecular flexibility index (Phi) is 4.48. The Morgan fingerprint density at radius 2 is 1.36 bits per heavy atom. The molecule has 0 radical (unpaired) electrons. The minimum atomic E-state index is 0.212. The summed E-state index contributed by atoms with van der Waals surface area (Å²) in [5.41, 5.74) is 2.63. The van der Waals surface area contributed by atoms with Crippen molar-refractivity contribution in [1.29, 1.82) is 0 Å². The van der Waals surface area contributed by atoms with Crippen molar-refractivity contribution in [2.75, 3.05) is 26.2 Å². The SMILES string of the molecule is O=C(Cc1ccc(Cl)cc1)N1CC2(CN(Cc3ccc(Cl)cc3)C2)C1. The van der Waals surface area contributed by atoms with Crippen molar-refractivity contribution in [2.24, 2.45) is 5.41 Å². The third-order valence-corrected chi connectivity index (χ3v) is 5.62. The number of hydrogen-bond donors (Lipinski definition) is 0. The second-order valence-corrected chi connectivity index (χ2v) is 8.20. The normalized spacial score (nSPS) is 18.7. The van der Waals surface area contributed by atoms with E-state index < -0.39 is 0 Å². The largest absolute Gasteiger partial charge is 0.341 e. The van der Waals surface area contributed by atoms with Gasteiger partial charge in [-0.3, -0.25) is 9.69 Å². The molecular formula is C20H20Cl2N2O. The number of hydrogen-bond acceptors (Lipinski definition) is 2. The first kappa shape index (κ1) is 16.9. The van der Waals surface area contributed by atoms with Crippen LogP contribution in [0.25, 0.3) is 0 Å². The second-order valence-electron chi connectivity index (χ2n) is 7.32. The Balaban J connectivity index is 1.23. The maximum Gasteiger partial charge on any atom is 0.227 e. The summed E-state index contributed by atoms with van der Waals surface area (Å²) in [6.45, 7) is 4.87. The number of amides is 1. The van der Waals surface area contributed by atoms with Crippen molar-refractivity contribution in [3.63, 3.8) is 0 Å². The van der Waals surface area contributed by atoms with E-state index in [-0.39, 0.29) is 5.91 Å². The molecule has 2 saturated heterocycles. The highest BCUT2D eigenvalue weighted by molar-refractivity contribution is 6.30. The van der Waals surface area contributed by atoms with E-state index >= 15 is 0 Å². The molecule has 0 aromatic heterocycles. The molecular weight excluding hydrogens is 355 g/mol. The topological polar surface area (TPSA) is 23.6 Å². The van der Waals surface area contributed by atoms with Gasteiger partial charge in [0.15, 0.2) is 0 Å². The molecule has 0 N–H and O–H groups in total. The predicted molar refractivity (Wildman–Crippen MR) is 101 cm³/mol. The van der Waals surface area contributed by atoms with Crippen molar-refractivity contribution in [2.45, 2.75) is 13.0 Å². The first-order chi connectivity index (χ1) is 12.0. The molecule has 0 unspecified atom stereocenters. The lowest BCUT2D eigenvalue weighted by Crippen LogP contribution is -2.72. The molecule has 0 aliphatic carbocycles. The van der Waals surface area contributed by atoms with Gasteiger partial charge in [0, 0.05) is 48.2 Å². The molecule has 1 amide bonds. The second kappa shape index (κ2) is 6.64. The molecule has 2 fully saturated rings. The third-order valence-electron chi connectivity index (χ3n) is 5.11. The molecule has 4 rings (SSSR count). The minimum absolute atomic E-state index is 0.212. The highest BCUT2D eigenvalue weighted by Gasteiger charge is 2.52. The molecule has 2 aromatic carbocycles. The van der Waals surface area contributed by atoms with Gasteiger partial charge in [-0.2, -0.15) is 0 Å². The van der Waals surface area contributed by atoms with Gasteiger partial charge in [-0.15, -0.1) is 0 Å². The summed E-state index contributed by atoms with van der Waals surface area (Å²) in [5.74, 6) is 0.212. The summed E-state index contributed by atoms with van der Waals surface area (Å²) in [7, 11) is 0. The van der Waals surface area contributed by atoms with Crippen LogP contribution in [-0.2, 0) is 17.8 Å². The minimum Gasteiger partial charge on any atom is -0.341 e. The van der Waals surface area contributed by atoms with Crippen LogP contribution in [0.2, 0.25) is 10.0 Å². The molecule has 0 bridgehead atoms. The quantitative estimate of drug-likeness (QED) is 0.810. The maximum absolute atomic E-state index is 12.4. The molecule has 25 heavy (non-hydrogen) atoms. The zero-order valence-electron chi connectivity index (χ0n) is 13.9. The number of rotatable bonds is 4. The summed E-state index contributed by atoms with van der Waals surface area (Å²) in [5, 5.41) is 1.48. The Labute approximate surface area is 158 Å². The fourth-order valence-corrected chi connectivity index (χ4v) is 4.14. The van der Waals surface area contributed by atoms with Gasteiger partial charge in [-0.1, -0.05) is 47.5 Å². The van der Waals surface area contributed by atoms with Crippen LogP contribution in [0.4, 0.5) is 0 Å². The zero-order valence-corrected chi connectivity index (χ0v) is 15.4. The zero-order chi connectivity index (χ0) is 17.4. The third kappa shape index (κ3) is 3.69. The van der Waals surface area contributed by atoms with Crippen LogP contribution in [0, 0.1) is 5.41 Å². The van der Waals surface area contributed by atoms with Crippen LogP contribution >= 0.6 is 23.2 Å². The van der Waals surface area contributed by atoms with E-state index in [2.05, 4.69) is 17.0 Å². The Morgan fingerprint density at radius 1 is 0.840 bits per heavy atom. The van der Waals surface area contributed by atoms with Gasteiger partial charge >= 0.3 is 0 Å². The predicted octanol–water partition coefficient (Wildman–Crippen LogP) is 3.88. The Bertz CT molecular complexity index is 759. The van der Waals surface area contributed by atoms with E-state index in [9.17, 15) is 4.79 Å². The number of benzene rings is 2. The van der Waals surface area contributed by atoms with Crippen LogP contribution < -0.4 is 0 Å². The van der Waals surface area contributed by atoms with Crippen molar-refractivity contribution in [1.82, 2.24) is 9.80 Å². The molecule has 5 heteroatoms. The maximum atomic E-state index is 12.4. The fourth-order valence-electron chi connectivity index (χ4n) is 3.89. The van der Waals surface area contributed by atoms with E-state index in [0.29, 0.717) is 16.9 Å². The van der Waals surface area contributed by atoms with Gasteiger partial charge in [0.25, 0.3) is 0 Å². The van der Waals surface area contributed by atoms with Crippen molar-refractivity contribution >= 4 is 29.1 Å². The van der Waals surface area contributed by atoms with E-state index in [0.717, 1.165) is 43.3 Å². The van der Waals surface area contributed by atoms with Gasteiger partial charge in [0.2, 0.25) is 5.91 Å². The van der Waals surface area contributed by atoms with Gasteiger partial charge < -0.3 is 4.90 Å². The van der Waals surface area contributed by atoms with Gasteiger partial charge in [-0.25, -0.2) is 0 Å². The van der Waals surface area contributed by atoms with Crippen molar-refractivity contribution in [3.05, 3.63) is 69.7 Å². The molecule has 130 valence electrons. The molecule has 0 atom stereocenters. The summed E-state index contributed by atoms with van der Waals surface area (Å²) in [6, 6.07) is 15.6. The average Bonchev–Trinajstić information content (AvgIpc) is 2.52. The Hall–Kier alpha value is -1.55. The smallest absolute Gasteiger partial charge is 0.227 e.